The van der Waals surface area contributed by atoms with Crippen molar-refractivity contribution in [3.8, 4) is 5.69 Å². The van der Waals surface area contributed by atoms with Crippen molar-refractivity contribution >= 4 is 18.1 Å². The van der Waals surface area contributed by atoms with Crippen LogP contribution in [0, 0.1) is 10.7 Å². The van der Waals surface area contributed by atoms with E-state index in [0.29, 0.717) is 17.0 Å². The first-order chi connectivity index (χ1) is 11.6. The fraction of sp³-hybridized carbons (Fsp3) is 0.474. The number of aromatic amines is 1. The standard InChI is InChI=1S/C19H27N3OS/c1-15(2)10-6-3-4-9-13-20-18(23)17-14-21-19(24)22(17)16-11-7-5-8-12-16/h5,7-8,11-12,14-15H,3-4,6,9-10,13H2,1-2H3,(H,20,23)(H,21,24). The highest BCUT2D eigenvalue weighted by molar-refractivity contribution is 7.71. The van der Waals surface area contributed by atoms with Crippen LogP contribution in [-0.4, -0.2) is 22.0 Å². The van der Waals surface area contributed by atoms with Gasteiger partial charge in [-0.05, 0) is 36.7 Å². The average Bonchev–Trinajstić information content (AvgIpc) is 2.96. The van der Waals surface area contributed by atoms with E-state index >= 15 is 0 Å². The van der Waals surface area contributed by atoms with Crippen molar-refractivity contribution in [3.63, 3.8) is 0 Å². The van der Waals surface area contributed by atoms with Gasteiger partial charge in [-0.1, -0.05) is 57.7 Å². The van der Waals surface area contributed by atoms with Gasteiger partial charge in [-0.25, -0.2) is 0 Å². The number of imidazole rings is 1. The molecule has 0 radical (unpaired) electrons. The van der Waals surface area contributed by atoms with E-state index in [1.807, 2.05) is 30.3 Å². The number of carbonyl (C=O) groups excluding carboxylic acids is 1. The van der Waals surface area contributed by atoms with Gasteiger partial charge in [0.25, 0.3) is 5.91 Å². The maximum absolute atomic E-state index is 12.4. The predicted molar refractivity (Wildman–Crippen MR) is 101 cm³/mol. The lowest BCUT2D eigenvalue weighted by Gasteiger charge is -2.09. The Kier molecular flexibility index (Phi) is 7.25. The van der Waals surface area contributed by atoms with Crippen LogP contribution in [-0.2, 0) is 0 Å². The molecule has 2 aromatic rings. The SMILES string of the molecule is CC(C)CCCCCCNC(=O)c1c[nH]c(=S)n1-c1ccccc1. The van der Waals surface area contributed by atoms with Gasteiger partial charge in [0.15, 0.2) is 4.77 Å². The number of aromatic nitrogens is 2. The fourth-order valence-electron chi connectivity index (χ4n) is 2.69. The van der Waals surface area contributed by atoms with Crippen LogP contribution in [0.3, 0.4) is 0 Å². The second-order valence-electron chi connectivity index (χ2n) is 6.50. The van der Waals surface area contributed by atoms with E-state index in [2.05, 4.69) is 24.1 Å². The number of hydrogen-bond acceptors (Lipinski definition) is 2. The van der Waals surface area contributed by atoms with Crippen LogP contribution in [0.5, 0.6) is 0 Å². The molecule has 0 unspecified atom stereocenters. The first-order valence-electron chi connectivity index (χ1n) is 8.73. The number of amides is 1. The van der Waals surface area contributed by atoms with Crippen molar-refractivity contribution in [1.82, 2.24) is 14.9 Å². The summed E-state index contributed by atoms with van der Waals surface area (Å²) in [4.78, 5) is 15.4. The molecule has 1 aromatic heterocycles. The monoisotopic (exact) mass is 345 g/mol. The summed E-state index contributed by atoms with van der Waals surface area (Å²) < 4.78 is 2.30. The molecule has 1 aromatic carbocycles. The summed E-state index contributed by atoms with van der Waals surface area (Å²) in [5, 5.41) is 3.00. The van der Waals surface area contributed by atoms with Crippen LogP contribution >= 0.6 is 12.2 Å². The maximum Gasteiger partial charge on any atom is 0.269 e. The van der Waals surface area contributed by atoms with Crippen molar-refractivity contribution in [2.24, 2.45) is 5.92 Å². The third kappa shape index (κ3) is 5.34. The Balaban J connectivity index is 1.85. The molecule has 0 spiro atoms. The molecule has 0 saturated carbocycles. The summed E-state index contributed by atoms with van der Waals surface area (Å²) in [7, 11) is 0. The molecule has 1 amide bonds. The minimum Gasteiger partial charge on any atom is -0.351 e. The van der Waals surface area contributed by atoms with E-state index in [1.165, 1.54) is 19.3 Å². The van der Waals surface area contributed by atoms with E-state index in [4.69, 9.17) is 12.2 Å². The Labute approximate surface area is 149 Å². The van der Waals surface area contributed by atoms with Crippen LogP contribution in [0.15, 0.2) is 36.5 Å². The fourth-order valence-corrected chi connectivity index (χ4v) is 2.96. The van der Waals surface area contributed by atoms with Crippen molar-refractivity contribution in [1.29, 1.82) is 0 Å². The minimum absolute atomic E-state index is 0.0895. The Morgan fingerprint density at radius 3 is 2.58 bits per heavy atom. The Morgan fingerprint density at radius 1 is 1.17 bits per heavy atom. The molecule has 0 saturated heterocycles. The van der Waals surface area contributed by atoms with E-state index < -0.39 is 0 Å². The highest BCUT2D eigenvalue weighted by atomic mass is 32.1. The van der Waals surface area contributed by atoms with Gasteiger partial charge < -0.3 is 10.3 Å². The highest BCUT2D eigenvalue weighted by Crippen LogP contribution is 2.13. The number of benzene rings is 1. The molecular weight excluding hydrogens is 318 g/mol. The molecule has 1 heterocycles. The number of unbranched alkanes of at least 4 members (excludes halogenated alkanes) is 3. The van der Waals surface area contributed by atoms with E-state index in [1.54, 1.807) is 10.8 Å². The van der Waals surface area contributed by atoms with E-state index in [-0.39, 0.29) is 5.91 Å². The first kappa shape index (κ1) is 18.5. The summed E-state index contributed by atoms with van der Waals surface area (Å²) >= 11 is 5.31. The van der Waals surface area contributed by atoms with Crippen LogP contribution in [0.25, 0.3) is 5.69 Å². The summed E-state index contributed by atoms with van der Waals surface area (Å²) in [6.45, 7) is 5.21. The molecule has 0 aliphatic heterocycles. The smallest absolute Gasteiger partial charge is 0.269 e. The first-order valence-corrected chi connectivity index (χ1v) is 9.14. The second kappa shape index (κ2) is 9.42. The van der Waals surface area contributed by atoms with Gasteiger partial charge in [0, 0.05) is 18.4 Å². The summed E-state index contributed by atoms with van der Waals surface area (Å²) in [6.07, 6.45) is 7.64. The molecule has 0 aliphatic rings. The molecule has 4 nitrogen and oxygen atoms in total. The quantitative estimate of drug-likeness (QED) is 0.503. The Bertz CT molecular complexity index is 688. The molecular formula is C19H27N3OS. The predicted octanol–water partition coefficient (Wildman–Crippen LogP) is 4.87. The normalized spacial score (nSPS) is 11.0. The van der Waals surface area contributed by atoms with Crippen LogP contribution in [0.4, 0.5) is 0 Å². The Morgan fingerprint density at radius 2 is 1.88 bits per heavy atom. The van der Waals surface area contributed by atoms with Gasteiger partial charge in [0.05, 0.1) is 0 Å². The molecule has 0 bridgehead atoms. The molecule has 0 fully saturated rings. The summed E-state index contributed by atoms with van der Waals surface area (Å²) in [6, 6.07) is 9.69. The number of para-hydroxylation sites is 1. The molecule has 5 heteroatoms. The number of nitrogens with zero attached hydrogens (tertiary/aromatic N) is 1. The molecule has 2 N–H and O–H groups in total. The number of carbonyl (C=O) groups is 1. The molecule has 24 heavy (non-hydrogen) atoms. The average molecular weight is 346 g/mol. The second-order valence-corrected chi connectivity index (χ2v) is 6.89. The van der Waals surface area contributed by atoms with Crippen molar-refractivity contribution in [3.05, 3.63) is 47.0 Å². The lowest BCUT2D eigenvalue weighted by Crippen LogP contribution is -2.26. The topological polar surface area (TPSA) is 49.8 Å². The summed E-state index contributed by atoms with van der Waals surface area (Å²) in [5.41, 5.74) is 1.44. The van der Waals surface area contributed by atoms with Crippen molar-refractivity contribution < 1.29 is 4.79 Å². The number of hydrogen-bond donors (Lipinski definition) is 2. The van der Waals surface area contributed by atoms with Crippen molar-refractivity contribution in [2.45, 2.75) is 46.0 Å². The third-order valence-corrected chi connectivity index (χ3v) is 4.32. The zero-order chi connectivity index (χ0) is 17.4. The summed E-state index contributed by atoms with van der Waals surface area (Å²) in [5.74, 6) is 0.688. The Hall–Kier alpha value is -1.88. The van der Waals surface area contributed by atoms with Gasteiger partial charge >= 0.3 is 0 Å². The van der Waals surface area contributed by atoms with Gasteiger partial charge in [0.1, 0.15) is 5.69 Å². The van der Waals surface area contributed by atoms with Crippen LogP contribution < -0.4 is 5.32 Å². The van der Waals surface area contributed by atoms with Crippen LogP contribution in [0.1, 0.15) is 56.4 Å². The van der Waals surface area contributed by atoms with E-state index in [9.17, 15) is 4.79 Å². The zero-order valence-electron chi connectivity index (χ0n) is 14.5. The molecule has 0 aliphatic carbocycles. The van der Waals surface area contributed by atoms with Crippen molar-refractivity contribution in [2.75, 3.05) is 6.54 Å². The molecule has 130 valence electrons. The maximum atomic E-state index is 12.4. The molecule has 2 rings (SSSR count). The minimum atomic E-state index is -0.0895. The highest BCUT2D eigenvalue weighted by Gasteiger charge is 2.13. The van der Waals surface area contributed by atoms with Crippen LogP contribution in [0.2, 0.25) is 0 Å². The number of nitrogens with one attached hydrogen (secondary N) is 2. The lowest BCUT2D eigenvalue weighted by molar-refractivity contribution is 0.0946. The number of H-pyrrole nitrogens is 1. The molecule has 0 atom stereocenters. The largest absolute Gasteiger partial charge is 0.351 e. The van der Waals surface area contributed by atoms with Gasteiger partial charge in [-0.2, -0.15) is 0 Å². The van der Waals surface area contributed by atoms with Gasteiger partial charge in [-0.15, -0.1) is 0 Å². The van der Waals surface area contributed by atoms with E-state index in [0.717, 1.165) is 24.4 Å². The van der Waals surface area contributed by atoms with Gasteiger partial charge in [-0.3, -0.25) is 9.36 Å². The number of rotatable bonds is 9. The zero-order valence-corrected chi connectivity index (χ0v) is 15.4. The third-order valence-electron chi connectivity index (χ3n) is 4.02. The van der Waals surface area contributed by atoms with Gasteiger partial charge in [0.2, 0.25) is 0 Å². The lowest BCUT2D eigenvalue weighted by atomic mass is 10.0.